The van der Waals surface area contributed by atoms with Crippen molar-refractivity contribution in [2.24, 2.45) is 0 Å². The molecule has 10 heteroatoms. The number of carboxylic acids is 1. The number of carboxylic acid groups (broad SMARTS) is 1. The van der Waals surface area contributed by atoms with E-state index in [1.165, 1.54) is 6.07 Å². The lowest BCUT2D eigenvalue weighted by atomic mass is 9.97. The maximum Gasteiger partial charge on any atom is 0.322 e. The molecule has 1 saturated carbocycles. The number of aromatic nitrogens is 1. The van der Waals surface area contributed by atoms with Crippen LogP contribution in [0, 0.1) is 30.2 Å². The number of carbonyl (C=O) groups excluding carboxylic acids is 1. The van der Waals surface area contributed by atoms with E-state index in [2.05, 4.69) is 4.98 Å². The minimum atomic E-state index is -1.29. The average molecular weight is 526 g/mol. The molecule has 4 aromatic rings. The van der Waals surface area contributed by atoms with Gasteiger partial charge in [-0.1, -0.05) is 24.3 Å². The van der Waals surface area contributed by atoms with Crippen LogP contribution >= 0.6 is 0 Å². The van der Waals surface area contributed by atoms with Gasteiger partial charge < -0.3 is 15.2 Å². The van der Waals surface area contributed by atoms with E-state index in [0.29, 0.717) is 11.3 Å². The van der Waals surface area contributed by atoms with E-state index < -0.39 is 47.3 Å². The Morgan fingerprint density at radius 1 is 0.947 bits per heavy atom. The SMILES string of the molecule is Cc1ccc(-c2cc(F)c(F)cc2OC2CC2)c2cccnc12.O=C(O)CNC(=O)c1c(F)cccc1F. The van der Waals surface area contributed by atoms with Crippen molar-refractivity contribution in [2.45, 2.75) is 25.9 Å². The van der Waals surface area contributed by atoms with Gasteiger partial charge in [0.1, 0.15) is 29.5 Å². The van der Waals surface area contributed by atoms with Gasteiger partial charge >= 0.3 is 5.97 Å². The highest BCUT2D eigenvalue weighted by molar-refractivity contribution is 5.98. The summed E-state index contributed by atoms with van der Waals surface area (Å²) in [5, 5.41) is 11.0. The highest BCUT2D eigenvalue weighted by Crippen LogP contribution is 2.39. The Kier molecular flexibility index (Phi) is 7.90. The lowest BCUT2D eigenvalue weighted by Crippen LogP contribution is -2.30. The van der Waals surface area contributed by atoms with Crippen LogP contribution in [-0.2, 0) is 4.79 Å². The fourth-order valence-corrected chi connectivity index (χ4v) is 3.71. The molecule has 196 valence electrons. The summed E-state index contributed by atoms with van der Waals surface area (Å²) in [7, 11) is 0. The summed E-state index contributed by atoms with van der Waals surface area (Å²) in [5.74, 6) is -5.82. The van der Waals surface area contributed by atoms with Gasteiger partial charge in [0.2, 0.25) is 0 Å². The third-order valence-electron chi connectivity index (χ3n) is 5.69. The molecule has 0 radical (unpaired) electrons. The first kappa shape index (κ1) is 26.6. The van der Waals surface area contributed by atoms with Crippen LogP contribution in [0.2, 0.25) is 0 Å². The first-order valence-corrected chi connectivity index (χ1v) is 11.6. The number of pyridine rings is 1. The molecule has 0 atom stereocenters. The van der Waals surface area contributed by atoms with Crippen molar-refractivity contribution in [3.63, 3.8) is 0 Å². The van der Waals surface area contributed by atoms with Crippen molar-refractivity contribution in [1.29, 1.82) is 0 Å². The number of hydrogen-bond donors (Lipinski definition) is 2. The fourth-order valence-electron chi connectivity index (χ4n) is 3.71. The second kappa shape index (κ2) is 11.3. The molecule has 0 aliphatic heterocycles. The molecule has 1 aliphatic rings. The van der Waals surface area contributed by atoms with E-state index in [1.807, 2.05) is 36.5 Å². The van der Waals surface area contributed by atoms with Crippen LogP contribution in [0.3, 0.4) is 0 Å². The largest absolute Gasteiger partial charge is 0.490 e. The minimum Gasteiger partial charge on any atom is -0.490 e. The van der Waals surface area contributed by atoms with E-state index in [1.54, 1.807) is 6.20 Å². The quantitative estimate of drug-likeness (QED) is 0.310. The van der Waals surface area contributed by atoms with E-state index in [0.717, 1.165) is 59.1 Å². The Morgan fingerprint density at radius 2 is 1.63 bits per heavy atom. The summed E-state index contributed by atoms with van der Waals surface area (Å²) in [6, 6.07) is 12.9. The van der Waals surface area contributed by atoms with Crippen LogP contribution in [0.1, 0.15) is 28.8 Å². The number of ether oxygens (including phenoxy) is 1. The number of hydrogen-bond acceptors (Lipinski definition) is 4. The molecule has 1 amide bonds. The predicted octanol–water partition coefficient (Wildman–Crippen LogP) is 5.81. The number of nitrogens with zero attached hydrogens (tertiary/aromatic N) is 1. The Bertz CT molecular complexity index is 1500. The molecule has 38 heavy (non-hydrogen) atoms. The van der Waals surface area contributed by atoms with Crippen LogP contribution in [0.15, 0.2) is 60.8 Å². The number of benzene rings is 3. The summed E-state index contributed by atoms with van der Waals surface area (Å²) in [6.07, 6.45) is 3.74. The van der Waals surface area contributed by atoms with Crippen LogP contribution in [0.4, 0.5) is 17.6 Å². The molecule has 0 spiro atoms. The number of rotatable bonds is 6. The van der Waals surface area contributed by atoms with Gasteiger partial charge in [-0.05, 0) is 55.2 Å². The van der Waals surface area contributed by atoms with Gasteiger partial charge in [0.05, 0.1) is 11.6 Å². The molecular weight excluding hydrogens is 504 g/mol. The molecule has 0 bridgehead atoms. The second-order valence-corrected chi connectivity index (χ2v) is 8.58. The Balaban J connectivity index is 0.000000196. The third-order valence-corrected chi connectivity index (χ3v) is 5.69. The van der Waals surface area contributed by atoms with Gasteiger partial charge in [-0.25, -0.2) is 17.6 Å². The van der Waals surface area contributed by atoms with E-state index in [9.17, 15) is 27.2 Å². The molecule has 0 unspecified atom stereocenters. The zero-order valence-corrected chi connectivity index (χ0v) is 20.1. The summed E-state index contributed by atoms with van der Waals surface area (Å²) >= 11 is 0. The van der Waals surface area contributed by atoms with Gasteiger partial charge in [-0.15, -0.1) is 0 Å². The monoisotopic (exact) mass is 526 g/mol. The Labute approximate surface area is 214 Å². The second-order valence-electron chi connectivity index (χ2n) is 8.58. The average Bonchev–Trinajstić information content (AvgIpc) is 3.70. The van der Waals surface area contributed by atoms with E-state index in [4.69, 9.17) is 9.84 Å². The van der Waals surface area contributed by atoms with Crippen molar-refractivity contribution in [1.82, 2.24) is 10.3 Å². The molecule has 0 saturated heterocycles. The van der Waals surface area contributed by atoms with Crippen molar-refractivity contribution >= 4 is 22.8 Å². The van der Waals surface area contributed by atoms with E-state index in [-0.39, 0.29) is 6.10 Å². The summed E-state index contributed by atoms with van der Waals surface area (Å²) in [4.78, 5) is 25.6. The first-order valence-electron chi connectivity index (χ1n) is 11.6. The lowest BCUT2D eigenvalue weighted by Gasteiger charge is -2.14. The van der Waals surface area contributed by atoms with Crippen LogP contribution in [-0.4, -0.2) is 34.6 Å². The molecule has 6 nitrogen and oxygen atoms in total. The number of aliphatic carboxylic acids is 1. The molecule has 1 fully saturated rings. The van der Waals surface area contributed by atoms with Crippen molar-refractivity contribution in [3.05, 3.63) is 95.2 Å². The van der Waals surface area contributed by atoms with Gasteiger partial charge in [-0.3, -0.25) is 14.6 Å². The first-order chi connectivity index (χ1) is 18.2. The summed E-state index contributed by atoms with van der Waals surface area (Å²) in [5.41, 5.74) is 2.48. The lowest BCUT2D eigenvalue weighted by molar-refractivity contribution is -0.135. The van der Waals surface area contributed by atoms with Gasteiger partial charge in [-0.2, -0.15) is 0 Å². The van der Waals surface area contributed by atoms with Gasteiger partial charge in [0.25, 0.3) is 5.91 Å². The highest BCUT2D eigenvalue weighted by atomic mass is 19.2. The number of nitrogens with one attached hydrogen (secondary N) is 1. The zero-order valence-electron chi connectivity index (χ0n) is 20.1. The third kappa shape index (κ3) is 6.08. The predicted molar refractivity (Wildman–Crippen MR) is 132 cm³/mol. The number of amides is 1. The summed E-state index contributed by atoms with van der Waals surface area (Å²) in [6.45, 7) is 1.29. The van der Waals surface area contributed by atoms with Crippen LogP contribution in [0.5, 0.6) is 5.75 Å². The van der Waals surface area contributed by atoms with Gasteiger partial charge in [0, 0.05) is 23.2 Å². The standard InChI is InChI=1S/C19H15F2NO.C9H7F2NO3/c1-11-4-7-13(14-3-2-8-22-19(11)14)15-9-16(20)17(21)10-18(15)23-12-5-6-12;10-5-2-1-3-6(11)8(5)9(15)12-4-7(13)14/h2-4,7-10,12H,5-6H2,1H3;1-3H,4H2,(H,12,15)(H,13,14). The number of fused-ring (bicyclic) bond motifs is 1. The normalized spacial score (nSPS) is 12.4. The van der Waals surface area contributed by atoms with Crippen LogP contribution in [0.25, 0.3) is 22.0 Å². The van der Waals surface area contributed by atoms with Crippen molar-refractivity contribution in [3.8, 4) is 16.9 Å². The topological polar surface area (TPSA) is 88.5 Å². The zero-order chi connectivity index (χ0) is 27.4. The minimum absolute atomic E-state index is 0.105. The molecular formula is C28H22F4N2O4. The number of carbonyl (C=O) groups is 2. The van der Waals surface area contributed by atoms with Crippen molar-refractivity contribution < 1.29 is 37.0 Å². The maximum atomic E-state index is 13.8. The molecule has 3 aromatic carbocycles. The molecule has 1 aromatic heterocycles. The number of halogens is 4. The fraction of sp³-hybridized carbons (Fsp3) is 0.179. The van der Waals surface area contributed by atoms with Crippen molar-refractivity contribution in [2.75, 3.05) is 6.54 Å². The molecule has 2 N–H and O–H groups in total. The Morgan fingerprint density at radius 3 is 2.29 bits per heavy atom. The van der Waals surface area contributed by atoms with E-state index >= 15 is 0 Å². The number of aryl methyl sites for hydroxylation is 1. The molecule has 1 aliphatic carbocycles. The summed E-state index contributed by atoms with van der Waals surface area (Å²) < 4.78 is 59.2. The smallest absolute Gasteiger partial charge is 0.322 e. The molecule has 1 heterocycles. The maximum absolute atomic E-state index is 13.8. The van der Waals surface area contributed by atoms with Crippen LogP contribution < -0.4 is 10.1 Å². The van der Waals surface area contributed by atoms with Gasteiger partial charge in [0.15, 0.2) is 11.6 Å². The Hall–Kier alpha value is -4.47. The molecule has 5 rings (SSSR count). The highest BCUT2D eigenvalue weighted by Gasteiger charge is 2.26.